The Labute approximate surface area is 192 Å². The topological polar surface area (TPSA) is 69.2 Å². The van der Waals surface area contributed by atoms with Gasteiger partial charge in [0.1, 0.15) is 25.9 Å². The molecule has 1 heterocycles. The molecule has 2 aromatic rings. The minimum atomic E-state index is -0.805. The number of methoxy groups -OCH3 is 1. The van der Waals surface area contributed by atoms with Crippen LogP contribution in [0.5, 0.6) is 23.0 Å². The highest BCUT2D eigenvalue weighted by molar-refractivity contribution is 9.10. The van der Waals surface area contributed by atoms with Crippen LogP contribution in [-0.2, 0) is 6.54 Å². The van der Waals surface area contributed by atoms with Crippen molar-refractivity contribution in [3.05, 3.63) is 45.9 Å². The number of ether oxygens (including phenoxy) is 4. The molecular weight excluding hydrogens is 462 g/mol. The van der Waals surface area contributed by atoms with Crippen LogP contribution in [0.25, 0.3) is 0 Å². The first-order valence-corrected chi connectivity index (χ1v) is 11.7. The SMILES string of the molecule is COc1cc(CNC2CCCCC2)cc(Br)c1OCC(O)c1ccc2c(c1)OCCO2. The van der Waals surface area contributed by atoms with Gasteiger partial charge in [0.2, 0.25) is 0 Å². The van der Waals surface area contributed by atoms with Crippen LogP contribution < -0.4 is 24.3 Å². The Hall–Kier alpha value is -1.96. The van der Waals surface area contributed by atoms with E-state index in [2.05, 4.69) is 21.2 Å². The lowest BCUT2D eigenvalue weighted by atomic mass is 9.95. The smallest absolute Gasteiger partial charge is 0.175 e. The van der Waals surface area contributed by atoms with Crippen molar-refractivity contribution in [2.75, 3.05) is 26.9 Å². The van der Waals surface area contributed by atoms with Gasteiger partial charge in [0.25, 0.3) is 0 Å². The first kappa shape index (κ1) is 22.2. The molecule has 0 radical (unpaired) electrons. The predicted molar refractivity (Wildman–Crippen MR) is 122 cm³/mol. The molecule has 1 unspecified atom stereocenters. The Morgan fingerprint density at radius 3 is 2.65 bits per heavy atom. The van der Waals surface area contributed by atoms with E-state index in [1.807, 2.05) is 24.3 Å². The Morgan fingerprint density at radius 1 is 1.10 bits per heavy atom. The van der Waals surface area contributed by atoms with Crippen molar-refractivity contribution in [1.82, 2.24) is 5.32 Å². The van der Waals surface area contributed by atoms with Gasteiger partial charge < -0.3 is 29.4 Å². The third-order valence-corrected chi connectivity index (χ3v) is 6.41. The molecule has 7 heteroatoms. The van der Waals surface area contributed by atoms with Crippen LogP contribution in [-0.4, -0.2) is 38.1 Å². The summed E-state index contributed by atoms with van der Waals surface area (Å²) < 4.78 is 23.5. The normalized spacial score (nSPS) is 17.3. The van der Waals surface area contributed by atoms with Gasteiger partial charge in [0.15, 0.2) is 23.0 Å². The monoisotopic (exact) mass is 491 g/mol. The lowest BCUT2D eigenvalue weighted by Crippen LogP contribution is -2.30. The number of benzene rings is 2. The molecule has 0 aromatic heterocycles. The number of rotatable bonds is 8. The van der Waals surface area contributed by atoms with Crippen molar-refractivity contribution in [3.63, 3.8) is 0 Å². The number of hydrogen-bond donors (Lipinski definition) is 2. The molecule has 0 spiro atoms. The molecule has 6 nitrogen and oxygen atoms in total. The molecule has 2 N–H and O–H groups in total. The van der Waals surface area contributed by atoms with Crippen LogP contribution in [0.2, 0.25) is 0 Å². The minimum Gasteiger partial charge on any atom is -0.493 e. The Kier molecular flexibility index (Phi) is 7.58. The van der Waals surface area contributed by atoms with Crippen LogP contribution in [0.15, 0.2) is 34.8 Å². The molecule has 4 rings (SSSR count). The van der Waals surface area contributed by atoms with E-state index in [4.69, 9.17) is 18.9 Å². The van der Waals surface area contributed by atoms with Gasteiger partial charge in [0, 0.05) is 12.6 Å². The van der Waals surface area contributed by atoms with E-state index in [9.17, 15) is 5.11 Å². The summed E-state index contributed by atoms with van der Waals surface area (Å²) in [6.45, 7) is 1.93. The highest BCUT2D eigenvalue weighted by Crippen LogP contribution is 2.38. The molecule has 1 saturated carbocycles. The lowest BCUT2D eigenvalue weighted by Gasteiger charge is -2.23. The maximum atomic E-state index is 10.6. The fourth-order valence-electron chi connectivity index (χ4n) is 4.11. The zero-order chi connectivity index (χ0) is 21.6. The molecule has 1 atom stereocenters. The third kappa shape index (κ3) is 5.64. The molecular formula is C24H30BrNO5. The number of halogens is 1. The highest BCUT2D eigenvalue weighted by Gasteiger charge is 2.19. The summed E-state index contributed by atoms with van der Waals surface area (Å²) in [4.78, 5) is 0. The average molecular weight is 492 g/mol. The standard InChI is InChI=1S/C24H30BrNO5/c1-28-23-12-16(14-26-18-5-3-2-4-6-18)11-19(25)24(23)31-15-20(27)17-7-8-21-22(13-17)30-10-9-29-21/h7-8,11-13,18,20,26-27H,2-6,9-10,14-15H2,1H3. The zero-order valence-corrected chi connectivity index (χ0v) is 19.4. The van der Waals surface area contributed by atoms with Crippen LogP contribution in [0.3, 0.4) is 0 Å². The van der Waals surface area contributed by atoms with Crippen molar-refractivity contribution in [2.45, 2.75) is 50.8 Å². The number of fused-ring (bicyclic) bond motifs is 1. The summed E-state index contributed by atoms with van der Waals surface area (Å²) in [5.41, 5.74) is 1.85. The Morgan fingerprint density at radius 2 is 1.87 bits per heavy atom. The van der Waals surface area contributed by atoms with E-state index in [0.717, 1.165) is 16.6 Å². The molecule has 1 aliphatic carbocycles. The molecule has 1 fully saturated rings. The second-order valence-electron chi connectivity index (χ2n) is 8.05. The molecule has 2 aromatic carbocycles. The predicted octanol–water partition coefficient (Wildman–Crippen LogP) is 4.76. The summed E-state index contributed by atoms with van der Waals surface area (Å²) in [7, 11) is 1.63. The fourth-order valence-corrected chi connectivity index (χ4v) is 4.71. The molecule has 0 bridgehead atoms. The van der Waals surface area contributed by atoms with Crippen LogP contribution in [0.4, 0.5) is 0 Å². The second kappa shape index (κ2) is 10.6. The van der Waals surface area contributed by atoms with Gasteiger partial charge in [-0.05, 0) is 64.2 Å². The van der Waals surface area contributed by atoms with E-state index in [0.29, 0.717) is 47.8 Å². The van der Waals surface area contributed by atoms with Gasteiger partial charge in [-0.3, -0.25) is 0 Å². The fraction of sp³-hybridized carbons (Fsp3) is 0.500. The lowest BCUT2D eigenvalue weighted by molar-refractivity contribution is 0.105. The van der Waals surface area contributed by atoms with Gasteiger partial charge in [-0.25, -0.2) is 0 Å². The number of aliphatic hydroxyl groups excluding tert-OH is 1. The summed E-state index contributed by atoms with van der Waals surface area (Å²) in [6, 6.07) is 10.1. The third-order valence-electron chi connectivity index (χ3n) is 5.83. The first-order valence-electron chi connectivity index (χ1n) is 10.9. The maximum absolute atomic E-state index is 10.6. The molecule has 1 aliphatic heterocycles. The van der Waals surface area contributed by atoms with Crippen molar-refractivity contribution in [1.29, 1.82) is 0 Å². The molecule has 168 valence electrons. The minimum absolute atomic E-state index is 0.0915. The summed E-state index contributed by atoms with van der Waals surface area (Å²) in [5, 5.41) is 14.3. The van der Waals surface area contributed by atoms with Gasteiger partial charge in [-0.1, -0.05) is 25.3 Å². The summed E-state index contributed by atoms with van der Waals surface area (Å²) in [5.74, 6) is 2.58. The second-order valence-corrected chi connectivity index (χ2v) is 8.91. The van der Waals surface area contributed by atoms with Gasteiger partial charge >= 0.3 is 0 Å². The maximum Gasteiger partial charge on any atom is 0.175 e. The number of nitrogens with one attached hydrogen (secondary N) is 1. The molecule has 31 heavy (non-hydrogen) atoms. The summed E-state index contributed by atoms with van der Waals surface area (Å²) in [6.07, 6.45) is 5.66. The highest BCUT2D eigenvalue weighted by atomic mass is 79.9. The van der Waals surface area contributed by atoms with Crippen molar-refractivity contribution in [3.8, 4) is 23.0 Å². The Bertz CT molecular complexity index is 885. The molecule has 0 saturated heterocycles. The average Bonchev–Trinajstić information content (AvgIpc) is 2.81. The Balaban J connectivity index is 1.39. The quantitative estimate of drug-likeness (QED) is 0.554. The first-order chi connectivity index (χ1) is 15.1. The molecule has 2 aliphatic rings. The largest absolute Gasteiger partial charge is 0.493 e. The van der Waals surface area contributed by atoms with Crippen molar-refractivity contribution in [2.24, 2.45) is 0 Å². The summed E-state index contributed by atoms with van der Waals surface area (Å²) >= 11 is 3.61. The van der Waals surface area contributed by atoms with Gasteiger partial charge in [0.05, 0.1) is 11.6 Å². The number of hydrogen-bond acceptors (Lipinski definition) is 6. The van der Waals surface area contributed by atoms with E-state index in [1.54, 1.807) is 13.2 Å². The van der Waals surface area contributed by atoms with E-state index < -0.39 is 6.10 Å². The van der Waals surface area contributed by atoms with Crippen molar-refractivity contribution >= 4 is 15.9 Å². The van der Waals surface area contributed by atoms with E-state index in [-0.39, 0.29) is 6.61 Å². The molecule has 0 amide bonds. The van der Waals surface area contributed by atoms with Crippen LogP contribution >= 0.6 is 15.9 Å². The van der Waals surface area contributed by atoms with E-state index in [1.165, 1.54) is 32.1 Å². The van der Waals surface area contributed by atoms with E-state index >= 15 is 0 Å². The van der Waals surface area contributed by atoms with Gasteiger partial charge in [-0.2, -0.15) is 0 Å². The van der Waals surface area contributed by atoms with Gasteiger partial charge in [-0.15, -0.1) is 0 Å². The number of aliphatic hydroxyl groups is 1. The van der Waals surface area contributed by atoms with Crippen LogP contribution in [0, 0.1) is 0 Å². The van der Waals surface area contributed by atoms with Crippen molar-refractivity contribution < 1.29 is 24.1 Å². The zero-order valence-electron chi connectivity index (χ0n) is 17.9. The van der Waals surface area contributed by atoms with Crippen LogP contribution in [0.1, 0.15) is 49.3 Å².